The van der Waals surface area contributed by atoms with E-state index >= 15 is 0 Å². The molecule has 0 aromatic heterocycles. The van der Waals surface area contributed by atoms with E-state index < -0.39 is 54.2 Å². The summed E-state index contributed by atoms with van der Waals surface area (Å²) >= 11 is 0. The molecule has 43 heavy (non-hydrogen) atoms. The number of amides is 6. The molecule has 0 aromatic carbocycles. The van der Waals surface area contributed by atoms with E-state index in [4.69, 9.17) is 22.9 Å². The van der Waals surface area contributed by atoms with Crippen LogP contribution in [0.15, 0.2) is 4.99 Å². The lowest BCUT2D eigenvalue weighted by Crippen LogP contribution is -2.54. The summed E-state index contributed by atoms with van der Waals surface area (Å²) < 4.78 is 0. The Kier molecular flexibility index (Phi) is 18.7. The van der Waals surface area contributed by atoms with Crippen LogP contribution in [-0.2, 0) is 28.8 Å². The zero-order valence-electron chi connectivity index (χ0n) is 24.8. The van der Waals surface area contributed by atoms with Crippen molar-refractivity contribution in [3.63, 3.8) is 0 Å². The van der Waals surface area contributed by atoms with Crippen LogP contribution >= 0.6 is 0 Å². The third kappa shape index (κ3) is 16.9. The number of hydrogen-bond acceptors (Lipinski definition) is 9. The molecule has 0 aromatic rings. The van der Waals surface area contributed by atoms with Gasteiger partial charge >= 0.3 is 0 Å². The van der Waals surface area contributed by atoms with Crippen molar-refractivity contribution in [1.29, 1.82) is 0 Å². The Hall–Kier alpha value is -3.99. The Bertz CT molecular complexity index is 958. The van der Waals surface area contributed by atoms with Crippen molar-refractivity contribution in [1.82, 2.24) is 31.9 Å². The fourth-order valence-electron chi connectivity index (χ4n) is 4.20. The molecule has 1 rings (SSSR count). The van der Waals surface area contributed by atoms with Gasteiger partial charge in [0.25, 0.3) is 0 Å². The number of rotatable bonds is 9. The Morgan fingerprint density at radius 2 is 1.26 bits per heavy atom. The van der Waals surface area contributed by atoms with Gasteiger partial charge in [-0.3, -0.25) is 28.8 Å². The molecule has 0 radical (unpaired) electrons. The number of nitrogens with zero attached hydrogens (tertiary/aromatic N) is 1. The number of aliphatic imine (C=N–C) groups is 1. The number of guanidine groups is 1. The molecule has 1 heterocycles. The summed E-state index contributed by atoms with van der Waals surface area (Å²) in [5, 5.41) is 15.6. The van der Waals surface area contributed by atoms with Crippen molar-refractivity contribution in [2.45, 2.75) is 82.3 Å². The molecule has 0 unspecified atom stereocenters. The summed E-state index contributed by atoms with van der Waals surface area (Å²) in [5.41, 5.74) is 22.1. The molecular formula is C26H49N11O6. The largest absolute Gasteiger partial charge is 0.370 e. The summed E-state index contributed by atoms with van der Waals surface area (Å²) in [7, 11) is 0. The summed E-state index contributed by atoms with van der Waals surface area (Å²) in [5.74, 6) is -3.40. The van der Waals surface area contributed by atoms with E-state index in [1.807, 2.05) is 0 Å². The van der Waals surface area contributed by atoms with Gasteiger partial charge in [0, 0.05) is 19.5 Å². The molecule has 17 heteroatoms. The van der Waals surface area contributed by atoms with Gasteiger partial charge in [-0.15, -0.1) is 0 Å². The van der Waals surface area contributed by atoms with Gasteiger partial charge < -0.3 is 54.8 Å². The first-order valence-electron chi connectivity index (χ1n) is 14.7. The number of nitrogens with two attached hydrogens (primary N) is 4. The summed E-state index contributed by atoms with van der Waals surface area (Å²) in [6.45, 7) is 0.303. The van der Waals surface area contributed by atoms with E-state index in [-0.39, 0.29) is 44.3 Å². The van der Waals surface area contributed by atoms with Crippen LogP contribution < -0.4 is 54.8 Å². The molecule has 6 amide bonds. The second-order valence-electron chi connectivity index (χ2n) is 10.2. The predicted molar refractivity (Wildman–Crippen MR) is 160 cm³/mol. The average Bonchev–Trinajstić information content (AvgIpc) is 2.96. The van der Waals surface area contributed by atoms with Crippen LogP contribution in [0.4, 0.5) is 0 Å². The van der Waals surface area contributed by atoms with Gasteiger partial charge in [-0.05, 0) is 70.9 Å². The van der Waals surface area contributed by atoms with Crippen molar-refractivity contribution in [3.05, 3.63) is 0 Å². The predicted octanol–water partition coefficient (Wildman–Crippen LogP) is -4.11. The second kappa shape index (κ2) is 21.7. The lowest BCUT2D eigenvalue weighted by Gasteiger charge is -2.23. The van der Waals surface area contributed by atoms with E-state index in [1.165, 1.54) is 0 Å². The van der Waals surface area contributed by atoms with Gasteiger partial charge in [0.1, 0.15) is 18.1 Å². The van der Waals surface area contributed by atoms with Crippen LogP contribution in [0.25, 0.3) is 0 Å². The SMILES string of the molecule is NCCCC[C@@H]1NC(=O)CCNC(=O)CNC(=O)CNC(=O)[C@H](N=C(N)N)CCCCNC(=O)[C@H](CCCCN)NC1=O. The lowest BCUT2D eigenvalue weighted by atomic mass is 10.0. The quantitative estimate of drug-likeness (QED) is 0.0682. The van der Waals surface area contributed by atoms with Crippen LogP contribution in [0, 0.1) is 0 Å². The minimum Gasteiger partial charge on any atom is -0.370 e. The van der Waals surface area contributed by atoms with E-state index in [0.29, 0.717) is 64.5 Å². The van der Waals surface area contributed by atoms with Crippen molar-refractivity contribution in [2.75, 3.05) is 39.3 Å². The first kappa shape index (κ1) is 37.0. The van der Waals surface area contributed by atoms with Gasteiger partial charge in [0.2, 0.25) is 35.4 Å². The smallest absolute Gasteiger partial charge is 0.245 e. The normalized spacial score (nSPS) is 22.6. The molecule has 17 nitrogen and oxygen atoms in total. The molecule has 1 aliphatic rings. The van der Waals surface area contributed by atoms with E-state index in [2.05, 4.69) is 36.9 Å². The molecule has 3 atom stereocenters. The van der Waals surface area contributed by atoms with Crippen LogP contribution in [0.5, 0.6) is 0 Å². The minimum atomic E-state index is -0.956. The highest BCUT2D eigenvalue weighted by Gasteiger charge is 2.26. The highest BCUT2D eigenvalue weighted by atomic mass is 16.2. The Balaban J connectivity index is 3.06. The molecule has 1 fully saturated rings. The molecule has 1 saturated heterocycles. The van der Waals surface area contributed by atoms with Crippen LogP contribution in [0.1, 0.15) is 64.2 Å². The number of nitrogens with one attached hydrogen (secondary N) is 6. The fraction of sp³-hybridized carbons (Fsp3) is 0.731. The summed E-state index contributed by atoms with van der Waals surface area (Å²) in [4.78, 5) is 79.6. The van der Waals surface area contributed by atoms with Crippen LogP contribution in [-0.4, -0.2) is 98.8 Å². The van der Waals surface area contributed by atoms with Gasteiger partial charge in [-0.25, -0.2) is 4.99 Å². The third-order valence-corrected chi connectivity index (χ3v) is 6.53. The highest BCUT2D eigenvalue weighted by Crippen LogP contribution is 2.08. The monoisotopic (exact) mass is 611 g/mol. The van der Waals surface area contributed by atoms with Gasteiger partial charge in [0.05, 0.1) is 13.1 Å². The maximum absolute atomic E-state index is 13.2. The Morgan fingerprint density at radius 1 is 0.651 bits per heavy atom. The molecule has 244 valence electrons. The van der Waals surface area contributed by atoms with Gasteiger partial charge in [0.15, 0.2) is 5.96 Å². The number of carbonyl (C=O) groups is 6. The zero-order chi connectivity index (χ0) is 32.0. The Labute approximate surface area is 251 Å². The molecule has 1 aliphatic heterocycles. The lowest BCUT2D eigenvalue weighted by molar-refractivity contribution is -0.132. The first-order valence-corrected chi connectivity index (χ1v) is 14.7. The Morgan fingerprint density at radius 3 is 1.88 bits per heavy atom. The number of unbranched alkanes of at least 4 members (excludes halogenated alkanes) is 2. The molecular weight excluding hydrogens is 562 g/mol. The molecule has 0 saturated carbocycles. The molecule has 0 spiro atoms. The maximum atomic E-state index is 13.2. The zero-order valence-corrected chi connectivity index (χ0v) is 24.8. The van der Waals surface area contributed by atoms with Crippen molar-refractivity contribution in [2.24, 2.45) is 27.9 Å². The molecule has 0 bridgehead atoms. The van der Waals surface area contributed by atoms with Crippen LogP contribution in [0.2, 0.25) is 0 Å². The van der Waals surface area contributed by atoms with E-state index in [0.717, 1.165) is 0 Å². The average molecular weight is 612 g/mol. The van der Waals surface area contributed by atoms with Gasteiger partial charge in [-0.2, -0.15) is 0 Å². The molecule has 0 aliphatic carbocycles. The first-order chi connectivity index (χ1) is 20.6. The van der Waals surface area contributed by atoms with Crippen molar-refractivity contribution in [3.8, 4) is 0 Å². The summed E-state index contributed by atoms with van der Waals surface area (Å²) in [6.07, 6.45) is 4.21. The third-order valence-electron chi connectivity index (χ3n) is 6.53. The standard InChI is InChI=1S/C26H49N11O6/c27-11-4-1-7-17-23(41)32-13-6-3-9-18(37-26(29)30)24(42)34-16-22(40)33-15-21(39)31-14-10-20(38)35-19(25(43)36-17)8-2-5-12-28/h17-19H,1-16,27-28H2,(H,31,39)(H,32,41)(H,33,40)(H,34,42)(H,35,38)(H,36,43)(H4,29,30,37)/t17-,18+,19-/m0/s1. The number of carbonyl (C=O) groups excluding carboxylic acids is 6. The topological polar surface area (TPSA) is 291 Å². The maximum Gasteiger partial charge on any atom is 0.245 e. The summed E-state index contributed by atoms with van der Waals surface area (Å²) in [6, 6.07) is -2.71. The van der Waals surface area contributed by atoms with E-state index in [9.17, 15) is 28.8 Å². The number of hydrogen-bond donors (Lipinski definition) is 10. The van der Waals surface area contributed by atoms with Crippen molar-refractivity contribution >= 4 is 41.4 Å². The van der Waals surface area contributed by atoms with Gasteiger partial charge in [-0.1, -0.05) is 0 Å². The van der Waals surface area contributed by atoms with Crippen molar-refractivity contribution < 1.29 is 28.8 Å². The second-order valence-corrected chi connectivity index (χ2v) is 10.2. The minimum absolute atomic E-state index is 0.0429. The highest BCUT2D eigenvalue weighted by molar-refractivity contribution is 5.93. The van der Waals surface area contributed by atoms with Crippen LogP contribution in [0.3, 0.4) is 0 Å². The molecule has 14 N–H and O–H groups in total. The fourth-order valence-corrected chi connectivity index (χ4v) is 4.20. The van der Waals surface area contributed by atoms with E-state index in [1.54, 1.807) is 0 Å².